The molecule has 0 amide bonds. The zero-order valence-corrected chi connectivity index (χ0v) is 17.4. The van der Waals surface area contributed by atoms with E-state index in [0.29, 0.717) is 25.0 Å². The number of fused-ring (bicyclic) bond motifs is 1. The molecule has 1 fully saturated rings. The van der Waals surface area contributed by atoms with Crippen LogP contribution in [0.25, 0.3) is 10.9 Å². The number of carbonyl (C=O) groups excluding carboxylic acids is 1. The molecular weight excluding hydrogens is 420 g/mol. The summed E-state index contributed by atoms with van der Waals surface area (Å²) in [5, 5.41) is 5.97. The van der Waals surface area contributed by atoms with Crippen LogP contribution in [0.5, 0.6) is 5.75 Å². The van der Waals surface area contributed by atoms with E-state index in [-0.39, 0.29) is 12.4 Å². The minimum Gasteiger partial charge on any atom is -0.487 e. The maximum Gasteiger partial charge on any atom is 0.310 e. The van der Waals surface area contributed by atoms with Crippen molar-refractivity contribution in [3.63, 3.8) is 0 Å². The summed E-state index contributed by atoms with van der Waals surface area (Å²) in [6, 6.07) is 14.3. The van der Waals surface area contributed by atoms with Crippen molar-refractivity contribution in [1.29, 1.82) is 0 Å². The molecular formula is C22H23BrN2O3. The first-order chi connectivity index (χ1) is 13.7. The van der Waals surface area contributed by atoms with Crippen LogP contribution in [0.15, 0.2) is 46.9 Å². The number of aromatic nitrogens is 2. The van der Waals surface area contributed by atoms with E-state index in [4.69, 9.17) is 14.6 Å². The first-order valence-electron chi connectivity index (χ1n) is 9.68. The topological polar surface area (TPSA) is 53.4 Å². The monoisotopic (exact) mass is 442 g/mol. The molecule has 4 rings (SSSR count). The Morgan fingerprint density at radius 2 is 2.07 bits per heavy atom. The van der Waals surface area contributed by atoms with Gasteiger partial charge < -0.3 is 9.47 Å². The fourth-order valence-electron chi connectivity index (χ4n) is 3.50. The number of ether oxygens (including phenoxy) is 2. The molecule has 146 valence electrons. The van der Waals surface area contributed by atoms with Gasteiger partial charge in [-0.1, -0.05) is 34.1 Å². The highest BCUT2D eigenvalue weighted by molar-refractivity contribution is 9.10. The van der Waals surface area contributed by atoms with Gasteiger partial charge in [0, 0.05) is 15.4 Å². The standard InChI is InChI=1S/C22H23BrN2O3/c1-2-27-22(26)12-15-6-3-4-9-21(15)28-14-19-18-13-16(23)10-11-20(18)25(24-19)17-7-5-8-17/h3-4,6,9-11,13,17H,2,5,7-8,12,14H2,1H3. The van der Waals surface area contributed by atoms with Gasteiger partial charge in [-0.25, -0.2) is 0 Å². The summed E-state index contributed by atoms with van der Waals surface area (Å²) < 4.78 is 14.3. The normalized spacial score (nSPS) is 14.1. The zero-order chi connectivity index (χ0) is 19.5. The summed E-state index contributed by atoms with van der Waals surface area (Å²) in [4.78, 5) is 11.9. The molecule has 0 atom stereocenters. The van der Waals surface area contributed by atoms with Crippen LogP contribution in [-0.4, -0.2) is 22.4 Å². The van der Waals surface area contributed by atoms with Crippen LogP contribution in [0.1, 0.15) is 43.5 Å². The Hall–Kier alpha value is -2.34. The highest BCUT2D eigenvalue weighted by Gasteiger charge is 2.24. The van der Waals surface area contributed by atoms with E-state index in [1.54, 1.807) is 0 Å². The molecule has 5 nitrogen and oxygen atoms in total. The number of hydrogen-bond acceptors (Lipinski definition) is 4. The van der Waals surface area contributed by atoms with Crippen LogP contribution < -0.4 is 4.74 Å². The van der Waals surface area contributed by atoms with Crippen molar-refractivity contribution < 1.29 is 14.3 Å². The molecule has 28 heavy (non-hydrogen) atoms. The number of benzene rings is 2. The van der Waals surface area contributed by atoms with E-state index in [1.807, 2.05) is 31.2 Å². The molecule has 0 aliphatic heterocycles. The van der Waals surface area contributed by atoms with Crippen LogP contribution in [0, 0.1) is 0 Å². The molecule has 0 N–H and O–H groups in total. The number of hydrogen-bond donors (Lipinski definition) is 0. The second-order valence-electron chi connectivity index (χ2n) is 7.02. The molecule has 6 heteroatoms. The van der Waals surface area contributed by atoms with Crippen molar-refractivity contribution in [3.8, 4) is 5.75 Å². The van der Waals surface area contributed by atoms with Gasteiger partial charge in [-0.15, -0.1) is 0 Å². The van der Waals surface area contributed by atoms with Gasteiger partial charge >= 0.3 is 5.97 Å². The molecule has 0 spiro atoms. The summed E-state index contributed by atoms with van der Waals surface area (Å²) >= 11 is 3.56. The predicted octanol–water partition coefficient (Wildman–Crippen LogP) is 5.21. The first kappa shape index (κ1) is 19.0. The molecule has 0 radical (unpaired) electrons. The minimum absolute atomic E-state index is 0.201. The summed E-state index contributed by atoms with van der Waals surface area (Å²) in [5.74, 6) is 0.444. The van der Waals surface area contributed by atoms with Crippen LogP contribution in [0.4, 0.5) is 0 Å². The summed E-state index contributed by atoms with van der Waals surface area (Å²) in [6.45, 7) is 2.54. The van der Waals surface area contributed by atoms with E-state index in [0.717, 1.165) is 26.6 Å². The smallest absolute Gasteiger partial charge is 0.310 e. The molecule has 1 heterocycles. The maximum absolute atomic E-state index is 11.9. The zero-order valence-electron chi connectivity index (χ0n) is 15.9. The van der Waals surface area contributed by atoms with Crippen molar-refractivity contribution in [2.45, 2.75) is 45.3 Å². The lowest BCUT2D eigenvalue weighted by atomic mass is 9.93. The van der Waals surface area contributed by atoms with Gasteiger partial charge in [0.05, 0.1) is 24.6 Å². The van der Waals surface area contributed by atoms with Crippen LogP contribution in [-0.2, 0) is 22.6 Å². The number of halogens is 1. The number of para-hydroxylation sites is 1. The molecule has 0 bridgehead atoms. The van der Waals surface area contributed by atoms with Crippen molar-refractivity contribution >= 4 is 32.8 Å². The Morgan fingerprint density at radius 1 is 1.25 bits per heavy atom. The second-order valence-corrected chi connectivity index (χ2v) is 7.93. The SMILES string of the molecule is CCOC(=O)Cc1ccccc1OCc1nn(C2CCC2)c2ccc(Br)cc12. The summed E-state index contributed by atoms with van der Waals surface area (Å²) in [7, 11) is 0. The van der Waals surface area contributed by atoms with Crippen LogP contribution in [0.3, 0.4) is 0 Å². The van der Waals surface area contributed by atoms with Crippen LogP contribution in [0.2, 0.25) is 0 Å². The van der Waals surface area contributed by atoms with E-state index >= 15 is 0 Å². The van der Waals surface area contributed by atoms with Crippen LogP contribution >= 0.6 is 15.9 Å². The molecule has 2 aromatic carbocycles. The fourth-order valence-corrected chi connectivity index (χ4v) is 3.86. The van der Waals surface area contributed by atoms with Crippen molar-refractivity contribution in [2.75, 3.05) is 6.61 Å². The van der Waals surface area contributed by atoms with Crippen molar-refractivity contribution in [2.24, 2.45) is 0 Å². The van der Waals surface area contributed by atoms with Gasteiger partial charge in [-0.05, 0) is 50.5 Å². The van der Waals surface area contributed by atoms with Gasteiger partial charge in [0.25, 0.3) is 0 Å². The minimum atomic E-state index is -0.248. The lowest BCUT2D eigenvalue weighted by Gasteiger charge is -2.26. The molecule has 3 aromatic rings. The Balaban J connectivity index is 1.58. The summed E-state index contributed by atoms with van der Waals surface area (Å²) in [6.07, 6.45) is 3.81. The third-order valence-electron chi connectivity index (χ3n) is 5.14. The average Bonchev–Trinajstić information content (AvgIpc) is 2.97. The molecule has 1 aliphatic carbocycles. The van der Waals surface area contributed by atoms with Crippen molar-refractivity contribution in [3.05, 3.63) is 58.2 Å². The highest BCUT2D eigenvalue weighted by Crippen LogP contribution is 2.35. The number of carbonyl (C=O) groups is 1. The average molecular weight is 443 g/mol. The molecule has 0 unspecified atom stereocenters. The first-order valence-corrected chi connectivity index (χ1v) is 10.5. The number of nitrogens with zero attached hydrogens (tertiary/aromatic N) is 2. The fraction of sp³-hybridized carbons (Fsp3) is 0.364. The largest absolute Gasteiger partial charge is 0.487 e. The maximum atomic E-state index is 11.9. The number of rotatable bonds is 7. The Kier molecular flexibility index (Phi) is 5.67. The van der Waals surface area contributed by atoms with Gasteiger partial charge in [0.1, 0.15) is 18.1 Å². The molecule has 1 aromatic heterocycles. The molecule has 1 aliphatic rings. The van der Waals surface area contributed by atoms with Gasteiger partial charge in [0.2, 0.25) is 0 Å². The van der Waals surface area contributed by atoms with E-state index in [2.05, 4.69) is 38.8 Å². The third kappa shape index (κ3) is 3.92. The van der Waals surface area contributed by atoms with Gasteiger partial charge in [0.15, 0.2) is 0 Å². The second kappa shape index (κ2) is 8.35. The summed E-state index contributed by atoms with van der Waals surface area (Å²) in [5.41, 5.74) is 2.88. The molecule has 0 saturated heterocycles. The van der Waals surface area contributed by atoms with E-state index in [9.17, 15) is 4.79 Å². The third-order valence-corrected chi connectivity index (χ3v) is 5.64. The predicted molar refractivity (Wildman–Crippen MR) is 111 cm³/mol. The molecule has 1 saturated carbocycles. The quantitative estimate of drug-likeness (QED) is 0.471. The van der Waals surface area contributed by atoms with Gasteiger partial charge in [-0.2, -0.15) is 5.10 Å². The lowest BCUT2D eigenvalue weighted by Crippen LogP contribution is -2.18. The van der Waals surface area contributed by atoms with E-state index < -0.39 is 0 Å². The Morgan fingerprint density at radius 3 is 2.82 bits per heavy atom. The number of esters is 1. The van der Waals surface area contributed by atoms with Crippen molar-refractivity contribution in [1.82, 2.24) is 9.78 Å². The Bertz CT molecular complexity index is 995. The van der Waals surface area contributed by atoms with Gasteiger partial charge in [-0.3, -0.25) is 9.48 Å². The lowest BCUT2D eigenvalue weighted by molar-refractivity contribution is -0.142. The Labute approximate surface area is 172 Å². The highest BCUT2D eigenvalue weighted by atomic mass is 79.9. The van der Waals surface area contributed by atoms with E-state index in [1.165, 1.54) is 19.3 Å².